The van der Waals surface area contributed by atoms with Crippen molar-refractivity contribution < 1.29 is 14.3 Å². The fourth-order valence-electron chi connectivity index (χ4n) is 2.92. The number of fused-ring (bicyclic) bond motifs is 1. The van der Waals surface area contributed by atoms with Crippen LogP contribution >= 0.6 is 11.6 Å². The zero-order valence-corrected chi connectivity index (χ0v) is 12.6. The Kier molecular flexibility index (Phi) is 3.91. The minimum atomic E-state index is -0.471. The van der Waals surface area contributed by atoms with E-state index in [4.69, 9.17) is 16.0 Å². The van der Waals surface area contributed by atoms with Crippen molar-refractivity contribution in [3.8, 4) is 0 Å². The van der Waals surface area contributed by atoms with Crippen LogP contribution in [-0.2, 0) is 0 Å². The molecule has 0 unspecified atom stereocenters. The quantitative estimate of drug-likeness (QED) is 0.893. The van der Waals surface area contributed by atoms with Crippen LogP contribution in [0.1, 0.15) is 41.8 Å². The molecule has 3 rings (SSSR count). The number of benzene rings is 1. The van der Waals surface area contributed by atoms with Crippen LogP contribution in [0.4, 0.5) is 0 Å². The summed E-state index contributed by atoms with van der Waals surface area (Å²) in [5.74, 6) is 0.0239. The summed E-state index contributed by atoms with van der Waals surface area (Å²) in [5.41, 5.74) is 1.42. The van der Waals surface area contributed by atoms with E-state index in [1.807, 2.05) is 6.92 Å². The van der Waals surface area contributed by atoms with Gasteiger partial charge in [0.1, 0.15) is 5.58 Å². The van der Waals surface area contributed by atoms with E-state index in [2.05, 4.69) is 5.32 Å². The summed E-state index contributed by atoms with van der Waals surface area (Å²) in [6.45, 7) is 1.84. The van der Waals surface area contributed by atoms with Crippen molar-refractivity contribution in [1.29, 1.82) is 0 Å². The van der Waals surface area contributed by atoms with E-state index >= 15 is 0 Å². The van der Waals surface area contributed by atoms with E-state index in [0.29, 0.717) is 16.4 Å². The van der Waals surface area contributed by atoms with E-state index in [0.717, 1.165) is 36.6 Å². The molecule has 1 amide bonds. The molecule has 0 radical (unpaired) electrons. The predicted molar refractivity (Wildman–Crippen MR) is 81.7 cm³/mol. The number of nitrogens with one attached hydrogen (secondary N) is 1. The number of hydrogen-bond donors (Lipinski definition) is 2. The third kappa shape index (κ3) is 2.78. The molecule has 4 nitrogen and oxygen atoms in total. The van der Waals surface area contributed by atoms with Crippen molar-refractivity contribution in [3.63, 3.8) is 0 Å². The summed E-state index contributed by atoms with van der Waals surface area (Å²) in [6.07, 6.45) is 3.10. The smallest absolute Gasteiger partial charge is 0.287 e. The van der Waals surface area contributed by atoms with Gasteiger partial charge in [-0.15, -0.1) is 0 Å². The van der Waals surface area contributed by atoms with Crippen LogP contribution in [0, 0.1) is 6.92 Å². The van der Waals surface area contributed by atoms with Crippen LogP contribution < -0.4 is 5.32 Å². The molecule has 1 heterocycles. The Labute approximate surface area is 128 Å². The number of carbonyl (C=O) groups is 1. The number of furan rings is 1. The van der Waals surface area contributed by atoms with Gasteiger partial charge in [-0.05, 0) is 38.0 Å². The van der Waals surface area contributed by atoms with Crippen molar-refractivity contribution in [1.82, 2.24) is 5.32 Å². The van der Waals surface area contributed by atoms with Crippen LogP contribution in [0.5, 0.6) is 0 Å². The largest absolute Gasteiger partial charge is 0.451 e. The molecule has 1 saturated carbocycles. The lowest BCUT2D eigenvalue weighted by Gasteiger charge is -2.28. The third-order valence-electron chi connectivity index (χ3n) is 4.15. The summed E-state index contributed by atoms with van der Waals surface area (Å²) in [4.78, 5) is 12.4. The zero-order valence-electron chi connectivity index (χ0n) is 11.9. The highest BCUT2D eigenvalue weighted by Gasteiger charge is 2.27. The maximum Gasteiger partial charge on any atom is 0.287 e. The Hall–Kier alpha value is -1.52. The number of aliphatic hydroxyl groups is 1. The molecule has 1 aromatic carbocycles. The molecule has 1 aliphatic rings. The molecule has 2 atom stereocenters. The summed E-state index contributed by atoms with van der Waals surface area (Å²) >= 11 is 5.98. The van der Waals surface area contributed by atoms with Crippen molar-refractivity contribution in [2.75, 3.05) is 0 Å². The van der Waals surface area contributed by atoms with Crippen LogP contribution in [0.2, 0.25) is 5.02 Å². The van der Waals surface area contributed by atoms with Gasteiger partial charge < -0.3 is 14.8 Å². The fourth-order valence-corrected chi connectivity index (χ4v) is 3.10. The molecule has 5 heteroatoms. The lowest BCUT2D eigenvalue weighted by atomic mass is 9.92. The molecule has 0 spiro atoms. The van der Waals surface area contributed by atoms with Gasteiger partial charge in [-0.3, -0.25) is 4.79 Å². The highest BCUT2D eigenvalue weighted by Crippen LogP contribution is 2.28. The second-order valence-corrected chi connectivity index (χ2v) is 6.06. The lowest BCUT2D eigenvalue weighted by Crippen LogP contribution is -2.45. The highest BCUT2D eigenvalue weighted by molar-refractivity contribution is 6.31. The Morgan fingerprint density at radius 1 is 1.38 bits per heavy atom. The zero-order chi connectivity index (χ0) is 15.0. The summed E-state index contributed by atoms with van der Waals surface area (Å²) in [7, 11) is 0. The Bertz CT molecular complexity index is 679. The fraction of sp³-hybridized carbons (Fsp3) is 0.438. The second-order valence-electron chi connectivity index (χ2n) is 5.63. The van der Waals surface area contributed by atoms with Crippen LogP contribution in [0.3, 0.4) is 0 Å². The Morgan fingerprint density at radius 3 is 2.90 bits per heavy atom. The molecule has 0 saturated heterocycles. The van der Waals surface area contributed by atoms with Crippen LogP contribution in [0.25, 0.3) is 11.0 Å². The average Bonchev–Trinajstić information content (AvgIpc) is 2.79. The molecule has 21 heavy (non-hydrogen) atoms. The molecular weight excluding hydrogens is 290 g/mol. The van der Waals surface area contributed by atoms with Gasteiger partial charge in [0.2, 0.25) is 0 Å². The molecule has 2 N–H and O–H groups in total. The monoisotopic (exact) mass is 307 g/mol. The van der Waals surface area contributed by atoms with Gasteiger partial charge in [-0.2, -0.15) is 0 Å². The highest BCUT2D eigenvalue weighted by atomic mass is 35.5. The predicted octanol–water partition coefficient (Wildman–Crippen LogP) is 3.43. The van der Waals surface area contributed by atoms with Crippen molar-refractivity contribution in [2.45, 2.75) is 44.8 Å². The van der Waals surface area contributed by atoms with E-state index in [1.54, 1.807) is 18.2 Å². The van der Waals surface area contributed by atoms with Crippen molar-refractivity contribution in [3.05, 3.63) is 34.5 Å². The number of carbonyl (C=O) groups excluding carboxylic acids is 1. The first kappa shape index (κ1) is 14.4. The molecular formula is C16H18ClNO3. The van der Waals surface area contributed by atoms with Gasteiger partial charge in [-0.25, -0.2) is 0 Å². The van der Waals surface area contributed by atoms with Gasteiger partial charge >= 0.3 is 0 Å². The minimum Gasteiger partial charge on any atom is -0.451 e. The number of amides is 1. The molecule has 1 aromatic heterocycles. The number of halogens is 1. The minimum absolute atomic E-state index is 0.192. The summed E-state index contributed by atoms with van der Waals surface area (Å²) in [6, 6.07) is 5.10. The molecule has 2 aromatic rings. The van der Waals surface area contributed by atoms with E-state index < -0.39 is 6.10 Å². The topological polar surface area (TPSA) is 62.5 Å². The Balaban J connectivity index is 1.86. The van der Waals surface area contributed by atoms with Crippen LogP contribution in [-0.4, -0.2) is 23.2 Å². The van der Waals surface area contributed by atoms with E-state index in [1.165, 1.54) is 0 Å². The number of aliphatic hydroxyl groups excluding tert-OH is 1. The molecule has 0 bridgehead atoms. The van der Waals surface area contributed by atoms with Gasteiger partial charge in [0.25, 0.3) is 5.91 Å². The molecule has 112 valence electrons. The summed E-state index contributed by atoms with van der Waals surface area (Å²) < 4.78 is 5.64. The summed E-state index contributed by atoms with van der Waals surface area (Å²) in [5, 5.41) is 14.3. The standard InChI is InChI=1S/C16H18ClNO3/c1-9-11-8-10(17)6-7-14(11)21-15(9)16(20)18-12-4-2-3-5-13(12)19/h6-8,12-13,19H,2-5H2,1H3,(H,18,20)/t12-,13-/m0/s1. The van der Waals surface area contributed by atoms with E-state index in [9.17, 15) is 9.90 Å². The first-order valence-corrected chi connectivity index (χ1v) is 7.61. The number of rotatable bonds is 2. The number of aryl methyl sites for hydroxylation is 1. The van der Waals surface area contributed by atoms with E-state index in [-0.39, 0.29) is 11.9 Å². The Morgan fingerprint density at radius 2 is 2.14 bits per heavy atom. The van der Waals surface area contributed by atoms with Crippen molar-refractivity contribution >= 4 is 28.5 Å². The second kappa shape index (κ2) is 5.70. The first-order valence-electron chi connectivity index (χ1n) is 7.24. The number of hydrogen-bond acceptors (Lipinski definition) is 3. The molecule has 1 aliphatic carbocycles. The maximum atomic E-state index is 12.4. The SMILES string of the molecule is Cc1c(C(=O)N[C@H]2CCCC[C@@H]2O)oc2ccc(Cl)cc12. The average molecular weight is 308 g/mol. The maximum absolute atomic E-state index is 12.4. The van der Waals surface area contributed by atoms with Gasteiger partial charge in [-0.1, -0.05) is 24.4 Å². The van der Waals surface area contributed by atoms with Crippen LogP contribution in [0.15, 0.2) is 22.6 Å². The third-order valence-corrected chi connectivity index (χ3v) is 4.39. The van der Waals surface area contributed by atoms with Gasteiger partial charge in [0.15, 0.2) is 5.76 Å². The van der Waals surface area contributed by atoms with Gasteiger partial charge in [0.05, 0.1) is 12.1 Å². The first-order chi connectivity index (χ1) is 10.1. The lowest BCUT2D eigenvalue weighted by molar-refractivity contribution is 0.0699. The van der Waals surface area contributed by atoms with Crippen molar-refractivity contribution in [2.24, 2.45) is 0 Å². The normalized spacial score (nSPS) is 22.4. The van der Waals surface area contributed by atoms with Gasteiger partial charge in [0, 0.05) is 16.0 Å². The molecule has 0 aliphatic heterocycles. The molecule has 1 fully saturated rings.